The molecule has 0 aliphatic heterocycles. The largest absolute Gasteiger partial charge is 0.392 e. The summed E-state index contributed by atoms with van der Waals surface area (Å²) in [5, 5.41) is 10.7. The Hall–Kier alpha value is -0.630. The average molecular weight is 429 g/mol. The summed E-state index contributed by atoms with van der Waals surface area (Å²) in [7, 11) is 0. The topological polar surface area (TPSA) is 37.3 Å². The lowest BCUT2D eigenvalue weighted by Crippen LogP contribution is -2.58. The highest BCUT2D eigenvalue weighted by Gasteiger charge is 2.63. The van der Waals surface area contributed by atoms with Crippen LogP contribution in [0.15, 0.2) is 11.6 Å². The van der Waals surface area contributed by atoms with Crippen molar-refractivity contribution in [2.24, 2.45) is 51.8 Å². The molecule has 0 amide bonds. The van der Waals surface area contributed by atoms with Crippen molar-refractivity contribution in [1.29, 1.82) is 0 Å². The van der Waals surface area contributed by atoms with Gasteiger partial charge in [-0.1, -0.05) is 72.5 Å². The summed E-state index contributed by atoms with van der Waals surface area (Å²) in [4.78, 5) is 13.4. The van der Waals surface area contributed by atoms with Crippen molar-refractivity contribution in [1.82, 2.24) is 0 Å². The summed E-state index contributed by atoms with van der Waals surface area (Å²) in [5.41, 5.74) is 1.07. The fraction of sp³-hybridized carbons (Fsp3) is 0.897. The van der Waals surface area contributed by atoms with E-state index in [1.165, 1.54) is 50.5 Å². The second kappa shape index (κ2) is 8.00. The maximum absolute atomic E-state index is 13.4. The zero-order valence-corrected chi connectivity index (χ0v) is 21.3. The number of carbonyl (C=O) groups excluding carboxylic acids is 1. The molecule has 3 fully saturated rings. The molecule has 0 saturated heterocycles. The van der Waals surface area contributed by atoms with Gasteiger partial charge in [0.2, 0.25) is 0 Å². The molecule has 0 aromatic heterocycles. The van der Waals surface area contributed by atoms with Gasteiger partial charge in [-0.15, -0.1) is 0 Å². The van der Waals surface area contributed by atoms with Crippen LogP contribution in [0.25, 0.3) is 0 Å². The summed E-state index contributed by atoms with van der Waals surface area (Å²) in [6.07, 6.45) is 12.7. The van der Waals surface area contributed by atoms with Gasteiger partial charge < -0.3 is 5.11 Å². The minimum Gasteiger partial charge on any atom is -0.392 e. The molecule has 1 N–H and O–H groups in total. The third-order valence-corrected chi connectivity index (χ3v) is 11.0. The Morgan fingerprint density at radius 2 is 1.74 bits per heavy atom. The van der Waals surface area contributed by atoms with Gasteiger partial charge in [0, 0.05) is 11.8 Å². The van der Waals surface area contributed by atoms with Crippen LogP contribution < -0.4 is 0 Å². The van der Waals surface area contributed by atoms with Crippen LogP contribution in [0.2, 0.25) is 0 Å². The van der Waals surface area contributed by atoms with Crippen LogP contribution in [0, 0.1) is 51.8 Å². The molecule has 2 nitrogen and oxygen atoms in total. The molecule has 2 heteroatoms. The van der Waals surface area contributed by atoms with Crippen molar-refractivity contribution in [3.63, 3.8) is 0 Å². The Balaban J connectivity index is 1.58. The normalized spacial score (nSPS) is 45.0. The lowest BCUT2D eigenvalue weighted by molar-refractivity contribution is -0.146. The van der Waals surface area contributed by atoms with Gasteiger partial charge in [-0.25, -0.2) is 0 Å². The first-order valence-electron chi connectivity index (χ1n) is 13.4. The number of Topliss-reactive ketones (excluding diaryl/α,β-unsaturated/α-hetero) is 1. The summed E-state index contributed by atoms with van der Waals surface area (Å²) >= 11 is 0. The van der Waals surface area contributed by atoms with E-state index in [0.717, 1.165) is 30.1 Å². The second-order valence-electron chi connectivity index (χ2n) is 13.3. The maximum Gasteiger partial charge on any atom is 0.145 e. The van der Waals surface area contributed by atoms with Gasteiger partial charge >= 0.3 is 0 Å². The Morgan fingerprint density at radius 3 is 2.42 bits per heavy atom. The number of carbonyl (C=O) groups is 1. The number of rotatable bonds is 5. The number of ketones is 1. The molecule has 0 unspecified atom stereocenters. The number of hydrogen-bond donors (Lipinski definition) is 1. The third kappa shape index (κ3) is 3.49. The lowest BCUT2D eigenvalue weighted by atomic mass is 9.44. The summed E-state index contributed by atoms with van der Waals surface area (Å²) in [5.74, 6) is 4.68. The fourth-order valence-corrected chi connectivity index (χ4v) is 9.13. The zero-order valence-electron chi connectivity index (χ0n) is 21.3. The van der Waals surface area contributed by atoms with Crippen LogP contribution in [-0.2, 0) is 4.79 Å². The van der Waals surface area contributed by atoms with E-state index in [1.54, 1.807) is 0 Å². The number of aliphatic hydroxyl groups excluding tert-OH is 1. The van der Waals surface area contributed by atoms with Gasteiger partial charge in [0.05, 0.1) is 11.5 Å². The highest BCUT2D eigenvalue weighted by molar-refractivity contribution is 5.90. The summed E-state index contributed by atoms with van der Waals surface area (Å²) in [6.45, 7) is 16.4. The van der Waals surface area contributed by atoms with Gasteiger partial charge in [-0.2, -0.15) is 0 Å². The maximum atomic E-state index is 13.4. The van der Waals surface area contributed by atoms with Crippen LogP contribution in [0.3, 0.4) is 0 Å². The van der Waals surface area contributed by atoms with Crippen molar-refractivity contribution in [3.8, 4) is 0 Å². The second-order valence-corrected chi connectivity index (χ2v) is 13.3. The monoisotopic (exact) mass is 428 g/mol. The van der Waals surface area contributed by atoms with Crippen molar-refractivity contribution >= 4 is 5.78 Å². The summed E-state index contributed by atoms with van der Waals surface area (Å²) < 4.78 is 0. The minimum absolute atomic E-state index is 0.280. The van der Waals surface area contributed by atoms with Gasteiger partial charge in [0.25, 0.3) is 0 Å². The van der Waals surface area contributed by atoms with E-state index < -0.39 is 6.10 Å². The van der Waals surface area contributed by atoms with E-state index in [4.69, 9.17) is 0 Å². The Bertz CT molecular complexity index is 733. The molecule has 4 aliphatic rings. The van der Waals surface area contributed by atoms with Crippen molar-refractivity contribution in [2.45, 2.75) is 112 Å². The molecule has 0 spiro atoms. The molecule has 0 bridgehead atoms. The summed E-state index contributed by atoms with van der Waals surface area (Å²) in [6, 6.07) is 0. The average Bonchev–Trinajstić information content (AvgIpc) is 3.04. The van der Waals surface area contributed by atoms with E-state index in [9.17, 15) is 9.90 Å². The molecule has 8 atom stereocenters. The number of aliphatic hydroxyl groups is 1. The minimum atomic E-state index is -0.535. The molecule has 0 aromatic carbocycles. The van der Waals surface area contributed by atoms with E-state index in [0.29, 0.717) is 29.5 Å². The highest BCUT2D eigenvalue weighted by atomic mass is 16.3. The third-order valence-electron chi connectivity index (χ3n) is 11.0. The van der Waals surface area contributed by atoms with Gasteiger partial charge in [-0.3, -0.25) is 4.79 Å². The fourth-order valence-electron chi connectivity index (χ4n) is 9.13. The van der Waals surface area contributed by atoms with Crippen LogP contribution in [-0.4, -0.2) is 17.0 Å². The quantitative estimate of drug-likeness (QED) is 0.470. The number of allylic oxidation sites excluding steroid dienone is 1. The molecule has 4 aliphatic carbocycles. The van der Waals surface area contributed by atoms with Crippen molar-refractivity contribution < 1.29 is 9.90 Å². The van der Waals surface area contributed by atoms with Crippen LogP contribution in [0.1, 0.15) is 106 Å². The predicted molar refractivity (Wildman–Crippen MR) is 129 cm³/mol. The zero-order chi connectivity index (χ0) is 22.8. The molecule has 4 rings (SSSR count). The van der Waals surface area contributed by atoms with E-state index >= 15 is 0 Å². The van der Waals surface area contributed by atoms with E-state index in [-0.39, 0.29) is 10.8 Å². The standard InChI is InChI=1S/C29H48O2/c1-18(2)9-8-10-19(3)21-12-13-22-20-11-14-24-27(4,5)25(30)17-26(31)29(24,7)23(20)15-16-28(21,22)6/h14,18-23,25,30H,8-13,15-17H2,1-7H3/t19-,20+,21-,22+,23+,25+,28-,29-/m1/s1. The molecule has 0 heterocycles. The molecule has 31 heavy (non-hydrogen) atoms. The molecular formula is C29H48O2. The molecule has 3 saturated carbocycles. The van der Waals surface area contributed by atoms with Crippen LogP contribution in [0.4, 0.5) is 0 Å². The van der Waals surface area contributed by atoms with E-state index in [2.05, 4.69) is 54.5 Å². The van der Waals surface area contributed by atoms with Crippen LogP contribution in [0.5, 0.6) is 0 Å². The van der Waals surface area contributed by atoms with Crippen molar-refractivity contribution in [2.75, 3.05) is 0 Å². The molecular weight excluding hydrogens is 380 g/mol. The number of hydrogen-bond acceptors (Lipinski definition) is 2. The van der Waals surface area contributed by atoms with E-state index in [1.807, 2.05) is 0 Å². The Labute approximate surface area is 191 Å². The van der Waals surface area contributed by atoms with Gasteiger partial charge in [0.15, 0.2) is 0 Å². The van der Waals surface area contributed by atoms with Gasteiger partial charge in [-0.05, 0) is 80.0 Å². The Morgan fingerprint density at radius 1 is 1.03 bits per heavy atom. The van der Waals surface area contributed by atoms with Gasteiger partial charge in [0.1, 0.15) is 5.78 Å². The molecule has 0 radical (unpaired) electrons. The first-order valence-corrected chi connectivity index (χ1v) is 13.4. The molecule has 0 aromatic rings. The molecule has 176 valence electrons. The number of fused-ring (bicyclic) bond motifs is 5. The Kier molecular flexibility index (Phi) is 6.07. The van der Waals surface area contributed by atoms with Crippen LogP contribution >= 0.6 is 0 Å². The van der Waals surface area contributed by atoms with Crippen molar-refractivity contribution in [3.05, 3.63) is 11.6 Å². The SMILES string of the molecule is CC(C)CCC[C@@H](C)[C@H]1CC[C@H]2[C@@H]3CC=C4C(C)(C)[C@@H](O)CC(=O)[C@]4(C)[C@H]3CC[C@]12C. The smallest absolute Gasteiger partial charge is 0.145 e. The highest BCUT2D eigenvalue weighted by Crippen LogP contribution is 2.68. The first kappa shape index (κ1) is 23.5. The first-order chi connectivity index (χ1) is 14.4. The lowest BCUT2D eigenvalue weighted by Gasteiger charge is -2.60. The predicted octanol–water partition coefficient (Wildman–Crippen LogP) is 7.20.